The maximum atomic E-state index is 13.8. The van der Waals surface area contributed by atoms with Gasteiger partial charge in [0.15, 0.2) is 11.6 Å². The molecular weight excluding hydrogens is 311 g/mol. The Morgan fingerprint density at radius 3 is 2.64 bits per heavy atom. The van der Waals surface area contributed by atoms with Crippen molar-refractivity contribution in [3.05, 3.63) is 24.0 Å². The molecule has 0 spiro atoms. The van der Waals surface area contributed by atoms with E-state index in [4.69, 9.17) is 9.47 Å². The summed E-state index contributed by atoms with van der Waals surface area (Å²) in [5, 5.41) is 5.91. The van der Waals surface area contributed by atoms with E-state index in [0.29, 0.717) is 25.1 Å². The lowest BCUT2D eigenvalue weighted by Gasteiger charge is -2.34. The Hall–Kier alpha value is -1.37. The zero-order valence-electron chi connectivity index (χ0n) is 12.8. The van der Waals surface area contributed by atoms with Gasteiger partial charge in [-0.05, 0) is 45.0 Å². The van der Waals surface area contributed by atoms with Gasteiger partial charge in [0.05, 0.1) is 6.61 Å². The molecule has 1 heterocycles. The van der Waals surface area contributed by atoms with Crippen molar-refractivity contribution in [1.29, 1.82) is 0 Å². The van der Waals surface area contributed by atoms with Crippen LogP contribution in [0.25, 0.3) is 0 Å². The average molecular weight is 333 g/mol. The van der Waals surface area contributed by atoms with Crippen LogP contribution in [-0.4, -0.2) is 38.3 Å². The molecule has 1 fully saturated rings. The standard InChI is InChI=1S/C15H21FN2O3.ClH/c1-3-21-13-5-4-11(10-12(13)16)18-14(19)15(20-2)6-8-17-9-7-15;/h4-5,10,17H,3,6-9H2,1-2H3,(H,18,19);1H. The van der Waals surface area contributed by atoms with Crippen LogP contribution in [0.15, 0.2) is 18.2 Å². The summed E-state index contributed by atoms with van der Waals surface area (Å²) < 4.78 is 24.4. The molecule has 2 rings (SSSR count). The van der Waals surface area contributed by atoms with E-state index in [1.54, 1.807) is 13.0 Å². The lowest BCUT2D eigenvalue weighted by atomic mass is 9.91. The lowest BCUT2D eigenvalue weighted by molar-refractivity contribution is -0.140. The molecule has 2 N–H and O–H groups in total. The topological polar surface area (TPSA) is 59.6 Å². The summed E-state index contributed by atoms with van der Waals surface area (Å²) in [6, 6.07) is 4.39. The summed E-state index contributed by atoms with van der Waals surface area (Å²) in [5.41, 5.74) is -0.448. The van der Waals surface area contributed by atoms with Crippen LogP contribution >= 0.6 is 12.4 Å². The molecule has 1 amide bonds. The highest BCUT2D eigenvalue weighted by molar-refractivity contribution is 5.97. The van der Waals surface area contributed by atoms with Gasteiger partial charge in [-0.2, -0.15) is 0 Å². The number of benzene rings is 1. The maximum Gasteiger partial charge on any atom is 0.256 e. The van der Waals surface area contributed by atoms with Gasteiger partial charge in [0.25, 0.3) is 5.91 Å². The van der Waals surface area contributed by atoms with E-state index in [0.717, 1.165) is 13.1 Å². The van der Waals surface area contributed by atoms with E-state index in [9.17, 15) is 9.18 Å². The molecule has 0 unspecified atom stereocenters. The van der Waals surface area contributed by atoms with E-state index < -0.39 is 11.4 Å². The molecule has 0 bridgehead atoms. The van der Waals surface area contributed by atoms with Crippen molar-refractivity contribution in [3.63, 3.8) is 0 Å². The van der Waals surface area contributed by atoms with Gasteiger partial charge in [-0.1, -0.05) is 0 Å². The number of amides is 1. The number of carbonyl (C=O) groups is 1. The Kier molecular flexibility index (Phi) is 7.06. The summed E-state index contributed by atoms with van der Waals surface area (Å²) in [5.74, 6) is -0.555. The van der Waals surface area contributed by atoms with Crippen LogP contribution in [0.4, 0.5) is 10.1 Å². The Labute approximate surface area is 136 Å². The number of methoxy groups -OCH3 is 1. The zero-order chi connectivity index (χ0) is 15.3. The summed E-state index contributed by atoms with van der Waals surface area (Å²) >= 11 is 0. The maximum absolute atomic E-state index is 13.8. The lowest BCUT2D eigenvalue weighted by Crippen LogP contribution is -2.51. The molecule has 0 aliphatic carbocycles. The van der Waals surface area contributed by atoms with Crippen LogP contribution in [0.2, 0.25) is 0 Å². The Balaban J connectivity index is 0.00000242. The van der Waals surface area contributed by atoms with E-state index >= 15 is 0 Å². The van der Waals surface area contributed by atoms with Crippen LogP contribution < -0.4 is 15.4 Å². The van der Waals surface area contributed by atoms with Crippen molar-refractivity contribution >= 4 is 24.0 Å². The Bertz CT molecular complexity index is 508. The first-order valence-electron chi connectivity index (χ1n) is 7.11. The van der Waals surface area contributed by atoms with Gasteiger partial charge in [0.1, 0.15) is 5.60 Å². The molecule has 1 aliphatic heterocycles. The smallest absolute Gasteiger partial charge is 0.256 e. The second kappa shape index (κ2) is 8.31. The molecule has 22 heavy (non-hydrogen) atoms. The van der Waals surface area contributed by atoms with Crippen LogP contribution in [0.1, 0.15) is 19.8 Å². The quantitative estimate of drug-likeness (QED) is 0.869. The summed E-state index contributed by atoms with van der Waals surface area (Å²) in [6.45, 7) is 3.62. The molecule has 0 saturated carbocycles. The van der Waals surface area contributed by atoms with Gasteiger partial charge in [0.2, 0.25) is 0 Å². The van der Waals surface area contributed by atoms with E-state index in [2.05, 4.69) is 10.6 Å². The number of anilines is 1. The van der Waals surface area contributed by atoms with Gasteiger partial charge in [0, 0.05) is 18.9 Å². The Morgan fingerprint density at radius 1 is 1.41 bits per heavy atom. The Morgan fingerprint density at radius 2 is 2.09 bits per heavy atom. The fourth-order valence-electron chi connectivity index (χ4n) is 2.45. The van der Waals surface area contributed by atoms with Gasteiger partial charge < -0.3 is 20.1 Å². The molecule has 5 nitrogen and oxygen atoms in total. The number of carbonyl (C=O) groups excluding carboxylic acids is 1. The van der Waals surface area contributed by atoms with Crippen molar-refractivity contribution in [3.8, 4) is 5.75 Å². The molecule has 0 aromatic heterocycles. The van der Waals surface area contributed by atoms with Crippen molar-refractivity contribution in [2.24, 2.45) is 0 Å². The third-order valence-corrected chi connectivity index (χ3v) is 3.71. The average Bonchev–Trinajstić information content (AvgIpc) is 2.50. The van der Waals surface area contributed by atoms with Crippen molar-refractivity contribution in [2.45, 2.75) is 25.4 Å². The van der Waals surface area contributed by atoms with Crippen molar-refractivity contribution < 1.29 is 18.7 Å². The molecule has 1 aromatic carbocycles. The fraction of sp³-hybridized carbons (Fsp3) is 0.533. The van der Waals surface area contributed by atoms with Gasteiger partial charge >= 0.3 is 0 Å². The molecule has 0 radical (unpaired) electrons. The van der Waals surface area contributed by atoms with Gasteiger partial charge in [-0.15, -0.1) is 12.4 Å². The molecule has 1 aliphatic rings. The summed E-state index contributed by atoms with van der Waals surface area (Å²) in [4.78, 5) is 12.4. The first-order valence-corrected chi connectivity index (χ1v) is 7.11. The van der Waals surface area contributed by atoms with Crippen LogP contribution in [0.3, 0.4) is 0 Å². The number of hydrogen-bond donors (Lipinski definition) is 2. The number of ether oxygens (including phenoxy) is 2. The number of nitrogens with one attached hydrogen (secondary N) is 2. The van der Waals surface area contributed by atoms with Crippen LogP contribution in [0.5, 0.6) is 5.75 Å². The minimum Gasteiger partial charge on any atom is -0.491 e. The van der Waals surface area contributed by atoms with Gasteiger partial charge in [-0.25, -0.2) is 4.39 Å². The normalized spacial score (nSPS) is 16.5. The third-order valence-electron chi connectivity index (χ3n) is 3.71. The molecule has 7 heteroatoms. The predicted octanol–water partition coefficient (Wildman–Crippen LogP) is 2.35. The second-order valence-corrected chi connectivity index (χ2v) is 4.98. The monoisotopic (exact) mass is 332 g/mol. The molecular formula is C15H22ClFN2O3. The van der Waals surface area contributed by atoms with E-state index in [1.165, 1.54) is 19.2 Å². The highest BCUT2D eigenvalue weighted by atomic mass is 35.5. The fourth-order valence-corrected chi connectivity index (χ4v) is 2.45. The molecule has 1 aromatic rings. The number of halogens is 2. The van der Waals surface area contributed by atoms with Crippen molar-refractivity contribution in [1.82, 2.24) is 5.32 Å². The number of rotatable bonds is 5. The summed E-state index contributed by atoms with van der Waals surface area (Å²) in [7, 11) is 1.53. The first-order chi connectivity index (χ1) is 10.1. The van der Waals surface area contributed by atoms with Crippen molar-refractivity contribution in [2.75, 3.05) is 32.1 Å². The minimum absolute atomic E-state index is 0. The molecule has 0 atom stereocenters. The molecule has 1 saturated heterocycles. The molecule has 124 valence electrons. The second-order valence-electron chi connectivity index (χ2n) is 4.98. The van der Waals surface area contributed by atoms with Gasteiger partial charge in [-0.3, -0.25) is 4.79 Å². The van der Waals surface area contributed by atoms with Crippen LogP contribution in [0, 0.1) is 5.82 Å². The third kappa shape index (κ3) is 4.09. The number of hydrogen-bond acceptors (Lipinski definition) is 4. The predicted molar refractivity (Wildman–Crippen MR) is 85.3 cm³/mol. The van der Waals surface area contributed by atoms with E-state index in [1.807, 2.05) is 0 Å². The van der Waals surface area contributed by atoms with E-state index in [-0.39, 0.29) is 24.1 Å². The largest absolute Gasteiger partial charge is 0.491 e. The highest BCUT2D eigenvalue weighted by Crippen LogP contribution is 2.26. The van der Waals surface area contributed by atoms with Crippen LogP contribution in [-0.2, 0) is 9.53 Å². The summed E-state index contributed by atoms with van der Waals surface area (Å²) in [6.07, 6.45) is 1.18. The highest BCUT2D eigenvalue weighted by Gasteiger charge is 2.39. The zero-order valence-corrected chi connectivity index (χ0v) is 13.6. The minimum atomic E-state index is -0.847. The number of piperidine rings is 1. The first kappa shape index (κ1) is 18.7. The SMILES string of the molecule is CCOc1ccc(NC(=O)C2(OC)CCNCC2)cc1F.Cl.